The maximum absolute atomic E-state index is 12.1. The molecule has 0 spiro atoms. The molecular weight excluding hydrogens is 366 g/mol. The number of amides is 1. The van der Waals surface area contributed by atoms with Gasteiger partial charge in [-0.15, -0.1) is 0 Å². The van der Waals surface area contributed by atoms with E-state index in [4.69, 9.17) is 9.41 Å². The lowest BCUT2D eigenvalue weighted by Crippen LogP contribution is -2.42. The topological polar surface area (TPSA) is 81.9 Å². The second-order valence-corrected chi connectivity index (χ2v) is 8.13. The smallest absolute Gasteiger partial charge is 0.220 e. The lowest BCUT2D eigenvalue weighted by Gasteiger charge is -2.24. The first-order valence-corrected chi connectivity index (χ1v) is 11.3. The van der Waals surface area contributed by atoms with Gasteiger partial charge >= 0.3 is 0 Å². The molecule has 1 aromatic heterocycles. The van der Waals surface area contributed by atoms with Crippen LogP contribution in [0.25, 0.3) is 0 Å². The van der Waals surface area contributed by atoms with Gasteiger partial charge in [0.1, 0.15) is 5.76 Å². The first-order valence-electron chi connectivity index (χ1n) is 11.3. The zero-order chi connectivity index (χ0) is 20.3. The maximum atomic E-state index is 12.1. The molecule has 3 rings (SSSR count). The zero-order valence-electron chi connectivity index (χ0n) is 17.8. The van der Waals surface area contributed by atoms with Crippen LogP contribution in [0.1, 0.15) is 63.7 Å². The van der Waals surface area contributed by atoms with Crippen LogP contribution in [-0.4, -0.2) is 56.0 Å². The molecule has 2 aliphatic rings. The van der Waals surface area contributed by atoms with E-state index < -0.39 is 0 Å². The average Bonchev–Trinajstić information content (AvgIpc) is 3.49. The van der Waals surface area contributed by atoms with E-state index in [1.54, 1.807) is 6.26 Å². The number of likely N-dealkylation sites (tertiary alicyclic amines) is 1. The van der Waals surface area contributed by atoms with Gasteiger partial charge in [-0.3, -0.25) is 14.7 Å². The largest absolute Gasteiger partial charge is 0.468 e. The number of rotatable bonds is 10. The third-order valence-electron chi connectivity index (χ3n) is 5.91. The number of guanidine groups is 1. The second-order valence-electron chi connectivity index (χ2n) is 8.13. The van der Waals surface area contributed by atoms with Crippen molar-refractivity contribution in [2.45, 2.75) is 57.9 Å². The van der Waals surface area contributed by atoms with E-state index in [2.05, 4.69) is 27.8 Å². The fraction of sp³-hybridized carbons (Fsp3) is 0.727. The Bertz CT molecular complexity index is 619. The molecule has 0 radical (unpaired) electrons. The predicted octanol–water partition coefficient (Wildman–Crippen LogP) is 2.67. The standard InChI is InChI=1S/C22H37N5O2/c1-2-23-22(25-12-11-24-21(28)16-18-8-3-4-9-18)26-17-19(20-10-7-15-29-20)27-13-5-6-14-27/h7,10,15,18-19H,2-6,8-9,11-14,16-17H2,1H3,(H,24,28)(H2,23,25,26). The number of nitrogens with zero attached hydrogens (tertiary/aromatic N) is 2. The molecule has 29 heavy (non-hydrogen) atoms. The van der Waals surface area contributed by atoms with Crippen molar-refractivity contribution in [1.82, 2.24) is 20.9 Å². The van der Waals surface area contributed by atoms with E-state index in [1.165, 1.54) is 38.5 Å². The number of hydrogen-bond acceptors (Lipinski definition) is 4. The monoisotopic (exact) mass is 403 g/mol. The lowest BCUT2D eigenvalue weighted by molar-refractivity contribution is -0.121. The van der Waals surface area contributed by atoms with Crippen molar-refractivity contribution in [3.05, 3.63) is 24.2 Å². The number of aliphatic imine (C=N–C) groups is 1. The van der Waals surface area contributed by atoms with Crippen molar-refractivity contribution in [2.24, 2.45) is 10.9 Å². The summed E-state index contributed by atoms with van der Waals surface area (Å²) in [5, 5.41) is 9.67. The van der Waals surface area contributed by atoms with Crippen molar-refractivity contribution in [3.63, 3.8) is 0 Å². The van der Waals surface area contributed by atoms with E-state index in [0.717, 1.165) is 31.4 Å². The Morgan fingerprint density at radius 2 is 1.93 bits per heavy atom. The van der Waals surface area contributed by atoms with Gasteiger partial charge in [-0.05, 0) is 63.7 Å². The van der Waals surface area contributed by atoms with E-state index in [0.29, 0.717) is 32.0 Å². The summed E-state index contributed by atoms with van der Waals surface area (Å²) >= 11 is 0. The summed E-state index contributed by atoms with van der Waals surface area (Å²) in [6.07, 6.45) is 9.85. The summed E-state index contributed by atoms with van der Waals surface area (Å²) in [5.74, 6) is 2.53. The Kier molecular flexibility index (Phi) is 8.86. The maximum Gasteiger partial charge on any atom is 0.220 e. The number of carbonyl (C=O) groups excluding carboxylic acids is 1. The number of furan rings is 1. The van der Waals surface area contributed by atoms with Crippen molar-refractivity contribution in [2.75, 3.05) is 39.3 Å². The van der Waals surface area contributed by atoms with Crippen molar-refractivity contribution in [1.29, 1.82) is 0 Å². The summed E-state index contributed by atoms with van der Waals surface area (Å²) in [6.45, 7) is 6.98. The molecule has 0 aromatic carbocycles. The van der Waals surface area contributed by atoms with E-state index in [1.807, 2.05) is 12.1 Å². The highest BCUT2D eigenvalue weighted by molar-refractivity contribution is 5.80. The van der Waals surface area contributed by atoms with Crippen molar-refractivity contribution >= 4 is 11.9 Å². The highest BCUT2D eigenvalue weighted by atomic mass is 16.3. The second kappa shape index (κ2) is 11.9. The van der Waals surface area contributed by atoms with Gasteiger partial charge < -0.3 is 20.4 Å². The van der Waals surface area contributed by atoms with Gasteiger partial charge in [-0.2, -0.15) is 0 Å². The Balaban J connectivity index is 1.44. The van der Waals surface area contributed by atoms with Gasteiger partial charge in [0.05, 0.1) is 18.8 Å². The fourth-order valence-electron chi connectivity index (χ4n) is 4.37. The minimum absolute atomic E-state index is 0.174. The Morgan fingerprint density at radius 1 is 1.17 bits per heavy atom. The third-order valence-corrected chi connectivity index (χ3v) is 5.91. The molecule has 1 aliphatic heterocycles. The quantitative estimate of drug-likeness (QED) is 0.318. The van der Waals surface area contributed by atoms with E-state index in [-0.39, 0.29) is 11.9 Å². The summed E-state index contributed by atoms with van der Waals surface area (Å²) in [5.41, 5.74) is 0. The van der Waals surface area contributed by atoms with Crippen molar-refractivity contribution < 1.29 is 9.21 Å². The number of nitrogens with one attached hydrogen (secondary N) is 3. The Labute approximate surface area is 174 Å². The molecule has 7 heteroatoms. The summed E-state index contributed by atoms with van der Waals surface area (Å²) in [4.78, 5) is 19.3. The van der Waals surface area contributed by atoms with Gasteiger partial charge in [0.25, 0.3) is 0 Å². The van der Waals surface area contributed by atoms with Gasteiger partial charge in [-0.1, -0.05) is 12.8 Å². The molecule has 3 N–H and O–H groups in total. The molecule has 2 heterocycles. The number of carbonyl (C=O) groups is 1. The van der Waals surface area contributed by atoms with E-state index in [9.17, 15) is 4.79 Å². The Morgan fingerprint density at radius 3 is 2.62 bits per heavy atom. The predicted molar refractivity (Wildman–Crippen MR) is 116 cm³/mol. The van der Waals surface area contributed by atoms with Gasteiger partial charge in [0.15, 0.2) is 5.96 Å². The molecule has 2 fully saturated rings. The minimum atomic E-state index is 0.174. The molecule has 1 unspecified atom stereocenters. The molecule has 1 saturated heterocycles. The lowest BCUT2D eigenvalue weighted by atomic mass is 10.0. The minimum Gasteiger partial charge on any atom is -0.468 e. The Hall–Kier alpha value is -2.02. The third kappa shape index (κ3) is 7.07. The average molecular weight is 404 g/mol. The molecule has 7 nitrogen and oxygen atoms in total. The van der Waals surface area contributed by atoms with E-state index >= 15 is 0 Å². The highest BCUT2D eigenvalue weighted by Gasteiger charge is 2.25. The van der Waals surface area contributed by atoms with Crippen LogP contribution in [-0.2, 0) is 4.79 Å². The van der Waals surface area contributed by atoms with Crippen molar-refractivity contribution in [3.8, 4) is 0 Å². The van der Waals surface area contributed by atoms with Crippen LogP contribution >= 0.6 is 0 Å². The fourth-order valence-corrected chi connectivity index (χ4v) is 4.37. The van der Waals surface area contributed by atoms with Gasteiger partial charge in [0, 0.05) is 26.1 Å². The molecule has 0 bridgehead atoms. The summed E-state index contributed by atoms with van der Waals surface area (Å²) < 4.78 is 5.68. The molecule has 1 aliphatic carbocycles. The summed E-state index contributed by atoms with van der Waals surface area (Å²) in [7, 11) is 0. The van der Waals surface area contributed by atoms with Crippen LogP contribution in [0.3, 0.4) is 0 Å². The van der Waals surface area contributed by atoms with Crippen LogP contribution in [0.5, 0.6) is 0 Å². The van der Waals surface area contributed by atoms with Crippen LogP contribution in [0, 0.1) is 5.92 Å². The first kappa shape index (κ1) is 21.7. The van der Waals surface area contributed by atoms with Crippen LogP contribution in [0.15, 0.2) is 27.8 Å². The molecule has 1 amide bonds. The van der Waals surface area contributed by atoms with Gasteiger partial charge in [0.2, 0.25) is 5.91 Å². The molecular formula is C22H37N5O2. The highest BCUT2D eigenvalue weighted by Crippen LogP contribution is 2.27. The normalized spacial score (nSPS) is 19.4. The van der Waals surface area contributed by atoms with Crippen LogP contribution < -0.4 is 16.0 Å². The molecule has 1 saturated carbocycles. The van der Waals surface area contributed by atoms with Crippen LogP contribution in [0.4, 0.5) is 0 Å². The van der Waals surface area contributed by atoms with Gasteiger partial charge in [-0.25, -0.2) is 0 Å². The molecule has 1 aromatic rings. The number of hydrogen-bond donors (Lipinski definition) is 3. The summed E-state index contributed by atoms with van der Waals surface area (Å²) in [6, 6.07) is 4.16. The first-order chi connectivity index (χ1) is 14.3. The van der Waals surface area contributed by atoms with Crippen LogP contribution in [0.2, 0.25) is 0 Å². The SMILES string of the molecule is CCNC(=NCC(c1ccco1)N1CCCC1)NCCNC(=O)CC1CCCC1. The molecule has 1 atom stereocenters. The molecule has 162 valence electrons. The zero-order valence-corrected chi connectivity index (χ0v) is 17.8.